The second-order valence-corrected chi connectivity index (χ2v) is 3.28. The molecule has 1 atom stereocenters. The Morgan fingerprint density at radius 2 is 2.50 bits per heavy atom. The van der Waals surface area contributed by atoms with Gasteiger partial charge in [-0.05, 0) is 6.42 Å². The molecule has 1 N–H and O–H groups in total. The van der Waals surface area contributed by atoms with E-state index in [4.69, 9.17) is 4.74 Å². The van der Waals surface area contributed by atoms with Crippen LogP contribution in [0, 0.1) is 0 Å². The maximum absolute atomic E-state index is 11.4. The van der Waals surface area contributed by atoms with Gasteiger partial charge < -0.3 is 15.0 Å². The van der Waals surface area contributed by atoms with Gasteiger partial charge in [0.25, 0.3) is 0 Å². The van der Waals surface area contributed by atoms with Crippen molar-refractivity contribution in [1.82, 2.24) is 10.2 Å². The summed E-state index contributed by atoms with van der Waals surface area (Å²) in [6.45, 7) is 3.79. The van der Waals surface area contributed by atoms with Crippen LogP contribution in [0.3, 0.4) is 0 Å². The molecular weight excluding hydrogens is 156 g/mol. The van der Waals surface area contributed by atoms with Gasteiger partial charge >= 0.3 is 0 Å². The molecule has 0 aromatic heterocycles. The molecule has 0 spiro atoms. The number of ether oxygens (including phenoxy) is 1. The number of hydrogen-bond acceptors (Lipinski definition) is 3. The third kappa shape index (κ3) is 1.44. The minimum atomic E-state index is 0.219. The molecule has 2 saturated heterocycles. The highest BCUT2D eigenvalue weighted by molar-refractivity contribution is 5.79. The highest BCUT2D eigenvalue weighted by Crippen LogP contribution is 2.13. The van der Waals surface area contributed by atoms with Crippen LogP contribution < -0.4 is 5.32 Å². The molecule has 4 heteroatoms. The van der Waals surface area contributed by atoms with Gasteiger partial charge in [-0.3, -0.25) is 4.79 Å². The van der Waals surface area contributed by atoms with Crippen LogP contribution in [0.5, 0.6) is 0 Å². The second kappa shape index (κ2) is 3.41. The number of carbonyl (C=O) groups is 1. The number of carbonyl (C=O) groups excluding carboxylic acids is 1. The first-order valence-corrected chi connectivity index (χ1v) is 4.46. The van der Waals surface area contributed by atoms with Crippen molar-refractivity contribution >= 4 is 5.91 Å². The third-order valence-corrected chi connectivity index (χ3v) is 2.47. The molecule has 1 amide bonds. The van der Waals surface area contributed by atoms with Crippen LogP contribution in [0.1, 0.15) is 6.42 Å². The number of amides is 1. The summed E-state index contributed by atoms with van der Waals surface area (Å²) in [6, 6.07) is 0.347. The Hall–Kier alpha value is -0.610. The lowest BCUT2D eigenvalue weighted by molar-refractivity contribution is -0.134. The fourth-order valence-electron chi connectivity index (χ4n) is 1.78. The highest BCUT2D eigenvalue weighted by Gasteiger charge is 2.28. The third-order valence-electron chi connectivity index (χ3n) is 2.47. The second-order valence-electron chi connectivity index (χ2n) is 3.28. The van der Waals surface area contributed by atoms with E-state index < -0.39 is 0 Å². The summed E-state index contributed by atoms with van der Waals surface area (Å²) in [5, 5.41) is 3.06. The van der Waals surface area contributed by atoms with E-state index in [-0.39, 0.29) is 5.91 Å². The average molecular weight is 170 g/mol. The van der Waals surface area contributed by atoms with E-state index in [0.717, 1.165) is 32.7 Å². The van der Waals surface area contributed by atoms with Crippen molar-refractivity contribution in [3.8, 4) is 0 Å². The summed E-state index contributed by atoms with van der Waals surface area (Å²) in [5.74, 6) is 0.219. The molecule has 2 heterocycles. The molecule has 68 valence electrons. The zero-order valence-electron chi connectivity index (χ0n) is 7.08. The predicted molar refractivity (Wildman–Crippen MR) is 43.8 cm³/mol. The van der Waals surface area contributed by atoms with Crippen molar-refractivity contribution < 1.29 is 9.53 Å². The molecule has 0 aliphatic carbocycles. The zero-order chi connectivity index (χ0) is 8.39. The minimum absolute atomic E-state index is 0.219. The number of rotatable bonds is 1. The predicted octanol–water partition coefficient (Wildman–Crippen LogP) is -0.793. The molecule has 0 saturated carbocycles. The lowest BCUT2D eigenvalue weighted by Gasteiger charge is -2.31. The van der Waals surface area contributed by atoms with Crippen LogP contribution in [0.25, 0.3) is 0 Å². The van der Waals surface area contributed by atoms with E-state index >= 15 is 0 Å². The molecule has 0 aromatic rings. The zero-order valence-corrected chi connectivity index (χ0v) is 7.08. The standard InChI is InChI=1S/C8H14N2O2/c11-8-5-9-2-3-10(8)7-1-4-12-6-7/h7,9H,1-6H2/t7-/m0/s1. The van der Waals surface area contributed by atoms with Gasteiger partial charge in [0.1, 0.15) is 0 Å². The van der Waals surface area contributed by atoms with Gasteiger partial charge in [-0.25, -0.2) is 0 Å². The molecule has 2 aliphatic rings. The van der Waals surface area contributed by atoms with Gasteiger partial charge in [-0.2, -0.15) is 0 Å². The number of hydrogen-bond donors (Lipinski definition) is 1. The van der Waals surface area contributed by atoms with Crippen LogP contribution in [-0.2, 0) is 9.53 Å². The summed E-state index contributed by atoms with van der Waals surface area (Å²) in [6.07, 6.45) is 1.01. The first kappa shape index (κ1) is 8.01. The van der Waals surface area contributed by atoms with E-state index in [9.17, 15) is 4.79 Å². The first-order chi connectivity index (χ1) is 5.88. The fraction of sp³-hybridized carbons (Fsp3) is 0.875. The summed E-state index contributed by atoms with van der Waals surface area (Å²) < 4.78 is 5.24. The minimum Gasteiger partial charge on any atom is -0.379 e. The van der Waals surface area contributed by atoms with E-state index in [2.05, 4.69) is 5.32 Å². The molecule has 12 heavy (non-hydrogen) atoms. The monoisotopic (exact) mass is 170 g/mol. The summed E-state index contributed by atoms with van der Waals surface area (Å²) in [4.78, 5) is 13.3. The first-order valence-electron chi connectivity index (χ1n) is 4.46. The molecule has 0 bridgehead atoms. The molecule has 2 rings (SSSR count). The topological polar surface area (TPSA) is 41.6 Å². The SMILES string of the molecule is O=C1CNCCN1[C@H]1CCOC1. The van der Waals surface area contributed by atoms with Gasteiger partial charge in [-0.1, -0.05) is 0 Å². The van der Waals surface area contributed by atoms with E-state index in [1.54, 1.807) is 0 Å². The van der Waals surface area contributed by atoms with E-state index in [1.807, 2.05) is 4.90 Å². The molecule has 2 fully saturated rings. The maximum Gasteiger partial charge on any atom is 0.236 e. The highest BCUT2D eigenvalue weighted by atomic mass is 16.5. The molecule has 0 radical (unpaired) electrons. The van der Waals surface area contributed by atoms with Gasteiger partial charge in [0.2, 0.25) is 5.91 Å². The summed E-state index contributed by atoms with van der Waals surface area (Å²) in [5.41, 5.74) is 0. The van der Waals surface area contributed by atoms with Crippen molar-refractivity contribution in [2.24, 2.45) is 0 Å². The lowest BCUT2D eigenvalue weighted by atomic mass is 10.2. The Bertz CT molecular complexity index is 178. The van der Waals surface area contributed by atoms with Crippen LogP contribution in [0.2, 0.25) is 0 Å². The normalized spacial score (nSPS) is 31.2. The van der Waals surface area contributed by atoms with Crippen molar-refractivity contribution in [3.05, 3.63) is 0 Å². The molecule has 2 aliphatic heterocycles. The summed E-state index contributed by atoms with van der Waals surface area (Å²) in [7, 11) is 0. The van der Waals surface area contributed by atoms with Crippen molar-refractivity contribution in [2.45, 2.75) is 12.5 Å². The Kier molecular flexibility index (Phi) is 2.28. The van der Waals surface area contributed by atoms with Crippen LogP contribution >= 0.6 is 0 Å². The molecule has 0 aromatic carbocycles. The van der Waals surface area contributed by atoms with Crippen molar-refractivity contribution in [3.63, 3.8) is 0 Å². The Labute approximate surface area is 71.9 Å². The molecule has 0 unspecified atom stereocenters. The lowest BCUT2D eigenvalue weighted by Crippen LogP contribution is -2.52. The maximum atomic E-state index is 11.4. The number of piperazine rings is 1. The van der Waals surface area contributed by atoms with Crippen molar-refractivity contribution in [2.75, 3.05) is 32.8 Å². The van der Waals surface area contributed by atoms with Gasteiger partial charge in [-0.15, -0.1) is 0 Å². The van der Waals surface area contributed by atoms with Gasteiger partial charge in [0.15, 0.2) is 0 Å². The van der Waals surface area contributed by atoms with Crippen LogP contribution in [0.4, 0.5) is 0 Å². The van der Waals surface area contributed by atoms with E-state index in [1.165, 1.54) is 0 Å². The van der Waals surface area contributed by atoms with Crippen LogP contribution in [0.15, 0.2) is 0 Å². The van der Waals surface area contributed by atoms with Gasteiger partial charge in [0, 0.05) is 19.7 Å². The number of nitrogens with zero attached hydrogens (tertiary/aromatic N) is 1. The quantitative estimate of drug-likeness (QED) is 0.560. The fourth-order valence-corrected chi connectivity index (χ4v) is 1.78. The largest absolute Gasteiger partial charge is 0.379 e. The van der Waals surface area contributed by atoms with E-state index in [0.29, 0.717) is 12.6 Å². The molecular formula is C8H14N2O2. The Morgan fingerprint density at radius 1 is 1.58 bits per heavy atom. The summed E-state index contributed by atoms with van der Waals surface area (Å²) >= 11 is 0. The molecule has 4 nitrogen and oxygen atoms in total. The van der Waals surface area contributed by atoms with Crippen molar-refractivity contribution in [1.29, 1.82) is 0 Å². The van der Waals surface area contributed by atoms with Crippen LogP contribution in [-0.4, -0.2) is 49.7 Å². The van der Waals surface area contributed by atoms with Gasteiger partial charge in [0.05, 0.1) is 19.2 Å². The smallest absolute Gasteiger partial charge is 0.236 e. The Morgan fingerprint density at radius 3 is 3.17 bits per heavy atom. The average Bonchev–Trinajstić information content (AvgIpc) is 2.57. The number of nitrogens with one attached hydrogen (secondary N) is 1. The Balaban J connectivity index is 1.95.